The summed E-state index contributed by atoms with van der Waals surface area (Å²) in [4.78, 5) is 11.8. The van der Waals surface area contributed by atoms with Gasteiger partial charge in [0.25, 0.3) is 0 Å². The highest BCUT2D eigenvalue weighted by atomic mass is 32.1. The molecule has 2 rings (SSSR count). The first-order valence-corrected chi connectivity index (χ1v) is 7.33. The largest absolute Gasteiger partial charge is 0.462 e. The number of rotatable bonds is 6. The molecule has 104 valence electrons. The second-order valence-electron chi connectivity index (χ2n) is 4.42. The van der Waals surface area contributed by atoms with Gasteiger partial charge in [-0.2, -0.15) is 4.37 Å². The van der Waals surface area contributed by atoms with E-state index in [0.29, 0.717) is 17.2 Å². The van der Waals surface area contributed by atoms with Gasteiger partial charge < -0.3 is 15.8 Å². The molecule has 0 unspecified atom stereocenters. The summed E-state index contributed by atoms with van der Waals surface area (Å²) in [7, 11) is 0. The van der Waals surface area contributed by atoms with Crippen LogP contribution in [0, 0.1) is 0 Å². The highest BCUT2D eigenvalue weighted by molar-refractivity contribution is 7.11. The molecule has 0 bridgehead atoms. The van der Waals surface area contributed by atoms with E-state index in [1.165, 1.54) is 36.4 Å². The maximum absolute atomic E-state index is 11.8. The lowest BCUT2D eigenvalue weighted by molar-refractivity contribution is 0.0529. The number of allylic oxidation sites excluding steroid dienone is 1. The second-order valence-corrected chi connectivity index (χ2v) is 5.20. The minimum atomic E-state index is -0.406. The van der Waals surface area contributed by atoms with Gasteiger partial charge in [-0.25, -0.2) is 4.79 Å². The fourth-order valence-electron chi connectivity index (χ4n) is 2.12. The average Bonchev–Trinajstić information content (AvgIpc) is 3.00. The first-order valence-electron chi connectivity index (χ1n) is 6.56. The van der Waals surface area contributed by atoms with E-state index < -0.39 is 5.97 Å². The SMILES string of the molecule is CCOC(=O)c1c(N)nsc1NCCC1=CCCC1. The molecule has 0 amide bonds. The van der Waals surface area contributed by atoms with Gasteiger partial charge in [0.1, 0.15) is 10.6 Å². The number of nitrogen functional groups attached to an aromatic ring is 1. The van der Waals surface area contributed by atoms with E-state index >= 15 is 0 Å². The molecule has 3 N–H and O–H groups in total. The van der Waals surface area contributed by atoms with Gasteiger partial charge in [0.05, 0.1) is 6.61 Å². The Morgan fingerprint density at radius 3 is 3.16 bits per heavy atom. The average molecular weight is 281 g/mol. The van der Waals surface area contributed by atoms with E-state index in [2.05, 4.69) is 15.8 Å². The maximum atomic E-state index is 11.8. The molecular formula is C13H19N3O2S. The zero-order chi connectivity index (χ0) is 13.7. The van der Waals surface area contributed by atoms with E-state index in [1.54, 1.807) is 6.92 Å². The molecule has 19 heavy (non-hydrogen) atoms. The van der Waals surface area contributed by atoms with Gasteiger partial charge in [0.2, 0.25) is 0 Å². The number of nitrogens with zero attached hydrogens (tertiary/aromatic N) is 1. The van der Waals surface area contributed by atoms with Crippen LogP contribution in [0.1, 0.15) is 43.0 Å². The summed E-state index contributed by atoms with van der Waals surface area (Å²) < 4.78 is 9.00. The smallest absolute Gasteiger partial charge is 0.344 e. The third-order valence-electron chi connectivity index (χ3n) is 3.06. The molecular weight excluding hydrogens is 262 g/mol. The lowest BCUT2D eigenvalue weighted by Crippen LogP contribution is -2.10. The summed E-state index contributed by atoms with van der Waals surface area (Å²) in [6.07, 6.45) is 6.94. The topological polar surface area (TPSA) is 77.2 Å². The number of carbonyl (C=O) groups is 1. The highest BCUT2D eigenvalue weighted by Gasteiger charge is 2.20. The summed E-state index contributed by atoms with van der Waals surface area (Å²) >= 11 is 1.21. The number of ether oxygens (including phenoxy) is 1. The molecule has 1 heterocycles. The summed E-state index contributed by atoms with van der Waals surface area (Å²) in [5.74, 6) is -0.164. The van der Waals surface area contributed by atoms with Crippen LogP contribution in [0.25, 0.3) is 0 Å². The minimum absolute atomic E-state index is 0.242. The van der Waals surface area contributed by atoms with Crippen LogP contribution in [0.5, 0.6) is 0 Å². The van der Waals surface area contributed by atoms with Crippen LogP contribution >= 0.6 is 11.5 Å². The Balaban J connectivity index is 1.94. The van der Waals surface area contributed by atoms with Gasteiger partial charge in [-0.1, -0.05) is 11.6 Å². The van der Waals surface area contributed by atoms with Crippen molar-refractivity contribution in [3.63, 3.8) is 0 Å². The van der Waals surface area contributed by atoms with E-state index in [9.17, 15) is 4.79 Å². The van der Waals surface area contributed by atoms with E-state index in [1.807, 2.05) is 0 Å². The van der Waals surface area contributed by atoms with Crippen molar-refractivity contribution in [2.75, 3.05) is 24.2 Å². The molecule has 1 aromatic heterocycles. The fraction of sp³-hybridized carbons (Fsp3) is 0.538. The Morgan fingerprint density at radius 1 is 1.63 bits per heavy atom. The van der Waals surface area contributed by atoms with Crippen LogP contribution in [0.4, 0.5) is 10.8 Å². The number of nitrogens with one attached hydrogen (secondary N) is 1. The van der Waals surface area contributed by atoms with Crippen LogP contribution < -0.4 is 11.1 Å². The molecule has 1 aliphatic rings. The van der Waals surface area contributed by atoms with Gasteiger partial charge in [0.15, 0.2) is 5.82 Å². The molecule has 0 radical (unpaired) electrons. The maximum Gasteiger partial charge on any atom is 0.344 e. The van der Waals surface area contributed by atoms with Crippen molar-refractivity contribution in [2.45, 2.75) is 32.6 Å². The highest BCUT2D eigenvalue weighted by Crippen LogP contribution is 2.28. The zero-order valence-electron chi connectivity index (χ0n) is 11.1. The third-order valence-corrected chi connectivity index (χ3v) is 3.88. The fourth-order valence-corrected chi connectivity index (χ4v) is 2.85. The molecule has 0 atom stereocenters. The third kappa shape index (κ3) is 3.47. The predicted octanol–water partition coefficient (Wildman–Crippen LogP) is 2.81. The van der Waals surface area contributed by atoms with Crippen molar-refractivity contribution < 1.29 is 9.53 Å². The molecule has 0 spiro atoms. The van der Waals surface area contributed by atoms with Crippen molar-refractivity contribution in [3.05, 3.63) is 17.2 Å². The van der Waals surface area contributed by atoms with Gasteiger partial charge in [0, 0.05) is 6.54 Å². The summed E-state index contributed by atoms with van der Waals surface area (Å²) in [5.41, 5.74) is 7.57. The number of hydrogen-bond acceptors (Lipinski definition) is 6. The molecule has 6 heteroatoms. The van der Waals surface area contributed by atoms with Crippen molar-refractivity contribution in [1.82, 2.24) is 4.37 Å². The molecule has 0 aliphatic heterocycles. The van der Waals surface area contributed by atoms with E-state index in [0.717, 1.165) is 13.0 Å². The van der Waals surface area contributed by atoms with Crippen molar-refractivity contribution in [3.8, 4) is 0 Å². The Labute approximate surface area is 117 Å². The van der Waals surface area contributed by atoms with Gasteiger partial charge in [-0.3, -0.25) is 0 Å². The number of aromatic nitrogens is 1. The lowest BCUT2D eigenvalue weighted by atomic mass is 10.2. The summed E-state index contributed by atoms with van der Waals surface area (Å²) in [6.45, 7) is 2.90. The normalized spacial score (nSPS) is 14.3. The Hall–Kier alpha value is -1.56. The number of esters is 1. The van der Waals surface area contributed by atoms with Crippen molar-refractivity contribution in [1.29, 1.82) is 0 Å². The molecule has 0 saturated heterocycles. The van der Waals surface area contributed by atoms with Crippen molar-refractivity contribution >= 4 is 28.3 Å². The molecule has 1 aliphatic carbocycles. The van der Waals surface area contributed by atoms with Gasteiger partial charge in [-0.15, -0.1) is 0 Å². The Kier molecular flexibility index (Phi) is 4.79. The lowest BCUT2D eigenvalue weighted by Gasteiger charge is -2.07. The standard InChI is InChI=1S/C13H19N3O2S/c1-2-18-13(17)10-11(14)16-19-12(10)15-8-7-9-5-3-4-6-9/h5,15H,2-4,6-8H2,1H3,(H2,14,16). The Morgan fingerprint density at radius 2 is 2.47 bits per heavy atom. The van der Waals surface area contributed by atoms with E-state index in [4.69, 9.17) is 10.5 Å². The first kappa shape index (κ1) is 13.9. The Bertz CT molecular complexity index is 482. The molecule has 0 fully saturated rings. The summed E-state index contributed by atoms with van der Waals surface area (Å²) in [6, 6.07) is 0. The quantitative estimate of drug-likeness (QED) is 0.619. The van der Waals surface area contributed by atoms with Crippen LogP contribution in [-0.2, 0) is 4.74 Å². The van der Waals surface area contributed by atoms with Crippen LogP contribution in [0.15, 0.2) is 11.6 Å². The number of anilines is 2. The molecule has 0 saturated carbocycles. The number of carbonyl (C=O) groups excluding carboxylic acids is 1. The van der Waals surface area contributed by atoms with Gasteiger partial charge >= 0.3 is 5.97 Å². The van der Waals surface area contributed by atoms with Crippen LogP contribution in [-0.4, -0.2) is 23.5 Å². The zero-order valence-corrected chi connectivity index (χ0v) is 11.9. The van der Waals surface area contributed by atoms with Gasteiger partial charge in [-0.05, 0) is 44.1 Å². The second kappa shape index (κ2) is 6.56. The van der Waals surface area contributed by atoms with Crippen LogP contribution in [0.2, 0.25) is 0 Å². The molecule has 1 aromatic rings. The first-order chi connectivity index (χ1) is 9.22. The van der Waals surface area contributed by atoms with Crippen molar-refractivity contribution in [2.24, 2.45) is 0 Å². The molecule has 5 nitrogen and oxygen atoms in total. The number of nitrogens with two attached hydrogens (primary N) is 1. The summed E-state index contributed by atoms with van der Waals surface area (Å²) in [5, 5.41) is 3.94. The predicted molar refractivity (Wildman–Crippen MR) is 77.5 cm³/mol. The molecule has 0 aromatic carbocycles. The number of hydrogen-bond donors (Lipinski definition) is 2. The van der Waals surface area contributed by atoms with Crippen LogP contribution in [0.3, 0.4) is 0 Å². The van der Waals surface area contributed by atoms with E-state index in [-0.39, 0.29) is 5.82 Å². The minimum Gasteiger partial charge on any atom is -0.462 e. The monoisotopic (exact) mass is 281 g/mol.